The lowest BCUT2D eigenvalue weighted by atomic mass is 10.2. The Morgan fingerprint density at radius 3 is 2.75 bits per heavy atom. The van der Waals surface area contributed by atoms with Crippen LogP contribution in [0.1, 0.15) is 18.9 Å². The molecule has 0 aromatic heterocycles. The summed E-state index contributed by atoms with van der Waals surface area (Å²) in [6.07, 6.45) is 0.133. The van der Waals surface area contributed by atoms with Crippen molar-refractivity contribution in [2.45, 2.75) is 26.3 Å². The maximum Gasteiger partial charge on any atom is 0.313 e. The zero-order valence-corrected chi connectivity index (χ0v) is 11.6. The number of hydrogen-bond acceptors (Lipinski definition) is 3. The molecule has 0 aliphatic heterocycles. The molecule has 1 atom stereocenters. The smallest absolute Gasteiger partial charge is 0.313 e. The summed E-state index contributed by atoms with van der Waals surface area (Å²) in [4.78, 5) is 24.9. The number of nitriles is 1. The van der Waals surface area contributed by atoms with Crippen molar-refractivity contribution in [3.8, 4) is 6.07 Å². The lowest BCUT2D eigenvalue weighted by Gasteiger charge is -2.22. The number of aryl methyl sites for hydroxylation is 1. The summed E-state index contributed by atoms with van der Waals surface area (Å²) in [5, 5.41) is 11.0. The summed E-state index contributed by atoms with van der Waals surface area (Å²) < 4.78 is 13.1. The normalized spacial score (nSPS) is 11.3. The molecule has 2 amide bonds. The van der Waals surface area contributed by atoms with Crippen LogP contribution in [0.2, 0.25) is 0 Å². The first-order valence-electron chi connectivity index (χ1n) is 6.08. The minimum atomic E-state index is -0.856. The van der Waals surface area contributed by atoms with Crippen LogP contribution in [-0.4, -0.2) is 29.8 Å². The van der Waals surface area contributed by atoms with Crippen molar-refractivity contribution >= 4 is 17.5 Å². The fourth-order valence-corrected chi connectivity index (χ4v) is 1.53. The van der Waals surface area contributed by atoms with Crippen molar-refractivity contribution in [3.05, 3.63) is 29.6 Å². The minimum Gasteiger partial charge on any atom is -0.334 e. The first-order chi connectivity index (χ1) is 9.36. The van der Waals surface area contributed by atoms with E-state index in [0.29, 0.717) is 5.56 Å². The molecule has 1 N–H and O–H groups in total. The predicted octanol–water partition coefficient (Wildman–Crippen LogP) is 1.83. The molecular formula is C14H16FN3O2. The minimum absolute atomic E-state index is 0.133. The van der Waals surface area contributed by atoms with E-state index in [1.54, 1.807) is 13.8 Å². The third-order valence-corrected chi connectivity index (χ3v) is 3.01. The molecule has 0 radical (unpaired) electrons. The Kier molecular flexibility index (Phi) is 5.21. The highest BCUT2D eigenvalue weighted by Gasteiger charge is 2.23. The Labute approximate surface area is 117 Å². The predicted molar refractivity (Wildman–Crippen MR) is 72.2 cm³/mol. The second kappa shape index (κ2) is 6.66. The largest absolute Gasteiger partial charge is 0.334 e. The topological polar surface area (TPSA) is 73.2 Å². The van der Waals surface area contributed by atoms with Crippen molar-refractivity contribution < 1.29 is 14.0 Å². The van der Waals surface area contributed by atoms with Gasteiger partial charge in [0.15, 0.2) is 0 Å². The summed E-state index contributed by atoms with van der Waals surface area (Å²) in [6, 6.07) is 5.50. The molecule has 0 spiro atoms. The molecule has 0 heterocycles. The summed E-state index contributed by atoms with van der Waals surface area (Å²) in [5.74, 6) is -2.12. The molecule has 0 saturated carbocycles. The molecule has 1 rings (SSSR count). The number of nitrogens with one attached hydrogen (secondary N) is 1. The molecule has 0 fully saturated rings. The van der Waals surface area contributed by atoms with Crippen LogP contribution in [0.4, 0.5) is 10.1 Å². The number of amides is 2. The first kappa shape index (κ1) is 15.6. The third-order valence-electron chi connectivity index (χ3n) is 3.01. The zero-order chi connectivity index (χ0) is 15.3. The molecule has 0 saturated heterocycles. The number of carbonyl (C=O) groups is 2. The second-order valence-electron chi connectivity index (χ2n) is 4.54. The molecule has 106 valence electrons. The Bertz CT molecular complexity index is 566. The first-order valence-corrected chi connectivity index (χ1v) is 6.08. The van der Waals surface area contributed by atoms with E-state index in [2.05, 4.69) is 5.32 Å². The van der Waals surface area contributed by atoms with Gasteiger partial charge in [-0.05, 0) is 31.5 Å². The Balaban J connectivity index is 2.78. The monoisotopic (exact) mass is 277 g/mol. The summed E-state index contributed by atoms with van der Waals surface area (Å²) in [5.41, 5.74) is 0.907. The molecular weight excluding hydrogens is 261 g/mol. The fraction of sp³-hybridized carbons (Fsp3) is 0.357. The van der Waals surface area contributed by atoms with Gasteiger partial charge in [0.05, 0.1) is 12.5 Å². The van der Waals surface area contributed by atoms with Gasteiger partial charge in [-0.2, -0.15) is 5.26 Å². The Morgan fingerprint density at radius 2 is 2.15 bits per heavy atom. The number of benzene rings is 1. The van der Waals surface area contributed by atoms with Crippen LogP contribution in [-0.2, 0) is 9.59 Å². The van der Waals surface area contributed by atoms with Crippen LogP contribution in [0, 0.1) is 24.1 Å². The average Bonchev–Trinajstić information content (AvgIpc) is 2.41. The van der Waals surface area contributed by atoms with Gasteiger partial charge < -0.3 is 10.2 Å². The fourth-order valence-electron chi connectivity index (χ4n) is 1.53. The van der Waals surface area contributed by atoms with Gasteiger partial charge in [-0.3, -0.25) is 9.59 Å². The van der Waals surface area contributed by atoms with Gasteiger partial charge in [0.1, 0.15) is 5.82 Å². The van der Waals surface area contributed by atoms with Crippen molar-refractivity contribution in [2.24, 2.45) is 0 Å². The number of likely N-dealkylation sites (N-methyl/N-ethyl adjacent to an activating group) is 1. The second-order valence-corrected chi connectivity index (χ2v) is 4.54. The number of nitrogens with zero attached hydrogens (tertiary/aromatic N) is 2. The number of hydrogen-bond donors (Lipinski definition) is 1. The summed E-state index contributed by atoms with van der Waals surface area (Å²) in [7, 11) is 1.45. The van der Waals surface area contributed by atoms with E-state index in [1.165, 1.54) is 24.1 Å². The lowest BCUT2D eigenvalue weighted by Crippen LogP contribution is -2.42. The number of anilines is 1. The van der Waals surface area contributed by atoms with Crippen LogP contribution in [0.15, 0.2) is 18.2 Å². The van der Waals surface area contributed by atoms with Gasteiger partial charge in [-0.15, -0.1) is 0 Å². The summed E-state index contributed by atoms with van der Waals surface area (Å²) in [6.45, 7) is 3.36. The highest BCUT2D eigenvalue weighted by atomic mass is 19.1. The van der Waals surface area contributed by atoms with Crippen LogP contribution >= 0.6 is 0 Å². The van der Waals surface area contributed by atoms with Crippen LogP contribution < -0.4 is 5.32 Å². The van der Waals surface area contributed by atoms with Gasteiger partial charge in [-0.1, -0.05) is 6.07 Å². The third kappa shape index (κ3) is 3.79. The molecule has 1 aromatic carbocycles. The maximum absolute atomic E-state index is 13.1. The standard InChI is InChI=1S/C14H16FN3O2/c1-9-4-5-11(15)8-12(9)17-13(19)14(20)18(3)10(2)6-7-16/h4-5,8,10H,6H2,1-3H3,(H,17,19)/t10-/m1/s1. The van der Waals surface area contributed by atoms with Crippen LogP contribution in [0.3, 0.4) is 0 Å². The highest BCUT2D eigenvalue weighted by molar-refractivity contribution is 6.39. The molecule has 20 heavy (non-hydrogen) atoms. The quantitative estimate of drug-likeness (QED) is 0.857. The van der Waals surface area contributed by atoms with E-state index in [0.717, 1.165) is 6.07 Å². The molecule has 0 unspecified atom stereocenters. The number of rotatable bonds is 3. The zero-order valence-electron chi connectivity index (χ0n) is 11.6. The maximum atomic E-state index is 13.1. The Morgan fingerprint density at radius 1 is 1.50 bits per heavy atom. The molecule has 1 aromatic rings. The van der Waals surface area contributed by atoms with E-state index in [1.807, 2.05) is 6.07 Å². The van der Waals surface area contributed by atoms with Gasteiger partial charge in [-0.25, -0.2) is 4.39 Å². The van der Waals surface area contributed by atoms with E-state index in [4.69, 9.17) is 5.26 Å². The van der Waals surface area contributed by atoms with Crippen LogP contribution in [0.25, 0.3) is 0 Å². The van der Waals surface area contributed by atoms with Crippen LogP contribution in [0.5, 0.6) is 0 Å². The summed E-state index contributed by atoms with van der Waals surface area (Å²) >= 11 is 0. The van der Waals surface area contributed by atoms with E-state index in [-0.39, 0.29) is 18.2 Å². The number of halogens is 1. The number of carbonyl (C=O) groups excluding carboxylic acids is 2. The molecule has 6 heteroatoms. The van der Waals surface area contributed by atoms with Crippen molar-refractivity contribution in [1.82, 2.24) is 4.90 Å². The molecule has 0 aliphatic rings. The lowest BCUT2D eigenvalue weighted by molar-refractivity contribution is -0.143. The molecule has 0 bridgehead atoms. The highest BCUT2D eigenvalue weighted by Crippen LogP contribution is 2.16. The SMILES string of the molecule is Cc1ccc(F)cc1NC(=O)C(=O)N(C)[C@H](C)CC#N. The Hall–Kier alpha value is -2.42. The van der Waals surface area contributed by atoms with E-state index < -0.39 is 17.6 Å². The van der Waals surface area contributed by atoms with Crippen molar-refractivity contribution in [3.63, 3.8) is 0 Å². The van der Waals surface area contributed by atoms with Gasteiger partial charge in [0, 0.05) is 18.8 Å². The van der Waals surface area contributed by atoms with E-state index >= 15 is 0 Å². The molecule has 5 nitrogen and oxygen atoms in total. The van der Waals surface area contributed by atoms with Gasteiger partial charge in [0.25, 0.3) is 0 Å². The van der Waals surface area contributed by atoms with Crippen molar-refractivity contribution in [1.29, 1.82) is 5.26 Å². The van der Waals surface area contributed by atoms with Gasteiger partial charge in [0.2, 0.25) is 0 Å². The average molecular weight is 277 g/mol. The van der Waals surface area contributed by atoms with E-state index in [9.17, 15) is 14.0 Å². The van der Waals surface area contributed by atoms with Gasteiger partial charge >= 0.3 is 11.8 Å². The van der Waals surface area contributed by atoms with Crippen molar-refractivity contribution in [2.75, 3.05) is 12.4 Å². The molecule has 0 aliphatic carbocycles.